The minimum Gasteiger partial charge on any atom is -0.508 e. The molecule has 0 fully saturated rings. The number of benzene rings is 2. The smallest absolute Gasteiger partial charge is 0.408 e. The van der Waals surface area contributed by atoms with Crippen LogP contribution in [0.4, 0.5) is 4.79 Å². The number of rotatable bonds is 11. The van der Waals surface area contributed by atoms with Crippen LogP contribution in [-0.2, 0) is 30.3 Å². The van der Waals surface area contributed by atoms with Crippen LogP contribution >= 0.6 is 0 Å². The van der Waals surface area contributed by atoms with Gasteiger partial charge in [-0.25, -0.2) is 4.79 Å². The molecule has 0 radical (unpaired) electrons. The van der Waals surface area contributed by atoms with Crippen molar-refractivity contribution in [1.29, 1.82) is 0 Å². The summed E-state index contributed by atoms with van der Waals surface area (Å²) in [7, 11) is 1.20. The van der Waals surface area contributed by atoms with Crippen LogP contribution in [0.2, 0.25) is 0 Å². The molecule has 2 aromatic carbocycles. The first-order valence-corrected chi connectivity index (χ1v) is 12.9. The molecule has 3 N–H and O–H groups in total. The van der Waals surface area contributed by atoms with Crippen molar-refractivity contribution in [2.24, 2.45) is 0 Å². The lowest BCUT2D eigenvalue weighted by molar-refractivity contribution is -0.144. The number of hydrogen-bond acceptors (Lipinski definition) is 7. The van der Waals surface area contributed by atoms with Gasteiger partial charge in [0, 0.05) is 18.5 Å². The van der Waals surface area contributed by atoms with Gasteiger partial charge in [-0.3, -0.25) is 14.4 Å². The van der Waals surface area contributed by atoms with Gasteiger partial charge in [0.15, 0.2) is 0 Å². The lowest BCUT2D eigenvalue weighted by Crippen LogP contribution is -2.54. The Kier molecular flexibility index (Phi) is 11.6. The highest BCUT2D eigenvalue weighted by Gasteiger charge is 2.36. The lowest BCUT2D eigenvalue weighted by atomic mass is 9.99. The van der Waals surface area contributed by atoms with Gasteiger partial charge in [0.1, 0.15) is 30.0 Å². The average Bonchev–Trinajstić information content (AvgIpc) is 2.91. The van der Waals surface area contributed by atoms with Gasteiger partial charge in [-0.05, 0) is 62.6 Å². The number of carbonyl (C=O) groups is 4. The zero-order valence-corrected chi connectivity index (χ0v) is 23.5. The van der Waals surface area contributed by atoms with Crippen molar-refractivity contribution in [3.8, 4) is 18.1 Å². The number of phenolic OH excluding ortho intramolecular Hbond substituents is 1. The second kappa shape index (κ2) is 14.6. The number of esters is 1. The molecule has 214 valence electrons. The SMILES string of the molecule is C#Cc1ccc(C(C(=O)NCC(=O)OC)N(CCC)C(=O)C(Cc2ccc(O)cc2)NC(=O)OC(C)(C)C)cc1. The number of ether oxygens (including phenoxy) is 2. The highest BCUT2D eigenvalue weighted by atomic mass is 16.6. The van der Waals surface area contributed by atoms with E-state index >= 15 is 0 Å². The van der Waals surface area contributed by atoms with E-state index in [9.17, 15) is 24.3 Å². The highest BCUT2D eigenvalue weighted by Crippen LogP contribution is 2.24. The summed E-state index contributed by atoms with van der Waals surface area (Å²) in [4.78, 5) is 53.5. The van der Waals surface area contributed by atoms with Gasteiger partial charge in [0.25, 0.3) is 0 Å². The molecule has 0 heterocycles. The monoisotopic (exact) mass is 551 g/mol. The zero-order valence-electron chi connectivity index (χ0n) is 23.5. The summed E-state index contributed by atoms with van der Waals surface area (Å²) in [5, 5.41) is 14.9. The van der Waals surface area contributed by atoms with Gasteiger partial charge in [0.05, 0.1) is 7.11 Å². The van der Waals surface area contributed by atoms with E-state index in [1.807, 2.05) is 6.92 Å². The van der Waals surface area contributed by atoms with Crippen LogP contribution in [0.1, 0.15) is 56.8 Å². The highest BCUT2D eigenvalue weighted by molar-refractivity contribution is 5.93. The average molecular weight is 552 g/mol. The molecule has 2 atom stereocenters. The first-order chi connectivity index (χ1) is 18.9. The number of nitrogens with one attached hydrogen (secondary N) is 2. The molecule has 2 aromatic rings. The molecule has 40 heavy (non-hydrogen) atoms. The van der Waals surface area contributed by atoms with E-state index in [0.717, 1.165) is 0 Å². The molecular formula is C30H37N3O7. The number of phenols is 1. The predicted molar refractivity (Wildman–Crippen MR) is 149 cm³/mol. The summed E-state index contributed by atoms with van der Waals surface area (Å²) in [6.45, 7) is 6.72. The summed E-state index contributed by atoms with van der Waals surface area (Å²) in [6.07, 6.45) is 5.24. The van der Waals surface area contributed by atoms with Crippen LogP contribution < -0.4 is 10.6 Å². The summed E-state index contributed by atoms with van der Waals surface area (Å²) in [5.74, 6) is 0.764. The zero-order chi connectivity index (χ0) is 29.9. The van der Waals surface area contributed by atoms with Crippen molar-refractivity contribution in [2.75, 3.05) is 20.2 Å². The third kappa shape index (κ3) is 9.66. The predicted octanol–water partition coefficient (Wildman–Crippen LogP) is 3.08. The van der Waals surface area contributed by atoms with Crippen LogP contribution in [0.15, 0.2) is 48.5 Å². The summed E-state index contributed by atoms with van der Waals surface area (Å²) < 4.78 is 10.0. The van der Waals surface area contributed by atoms with Crippen molar-refractivity contribution in [3.05, 3.63) is 65.2 Å². The number of hydrogen-bond donors (Lipinski definition) is 3. The molecular weight excluding hydrogens is 514 g/mol. The Labute approximate surface area is 235 Å². The number of terminal acetylenes is 1. The third-order valence-electron chi connectivity index (χ3n) is 5.70. The molecule has 2 rings (SSSR count). The Hall–Kier alpha value is -4.52. The quantitative estimate of drug-likeness (QED) is 0.289. The Morgan fingerprint density at radius 2 is 1.68 bits per heavy atom. The van der Waals surface area contributed by atoms with Crippen LogP contribution in [-0.4, -0.2) is 65.7 Å². The minimum absolute atomic E-state index is 0.0529. The molecule has 10 nitrogen and oxygen atoms in total. The molecule has 3 amide bonds. The van der Waals surface area contributed by atoms with Gasteiger partial charge in [-0.2, -0.15) is 0 Å². The molecule has 0 saturated heterocycles. The van der Waals surface area contributed by atoms with E-state index in [-0.39, 0.29) is 18.7 Å². The summed E-state index contributed by atoms with van der Waals surface area (Å²) >= 11 is 0. The number of alkyl carbamates (subject to hydrolysis) is 1. The number of amides is 3. The lowest BCUT2D eigenvalue weighted by Gasteiger charge is -2.34. The summed E-state index contributed by atoms with van der Waals surface area (Å²) in [5.41, 5.74) is 0.897. The number of methoxy groups -OCH3 is 1. The molecule has 0 spiro atoms. The second-order valence-electron chi connectivity index (χ2n) is 10.1. The van der Waals surface area contributed by atoms with Crippen molar-refractivity contribution >= 4 is 23.9 Å². The van der Waals surface area contributed by atoms with Crippen LogP contribution in [0, 0.1) is 12.3 Å². The van der Waals surface area contributed by atoms with Gasteiger partial charge in [-0.1, -0.05) is 37.1 Å². The van der Waals surface area contributed by atoms with E-state index in [1.54, 1.807) is 57.2 Å². The van der Waals surface area contributed by atoms with Crippen LogP contribution in [0.3, 0.4) is 0 Å². The van der Waals surface area contributed by atoms with Gasteiger partial charge >= 0.3 is 12.1 Å². The van der Waals surface area contributed by atoms with E-state index in [1.165, 1.54) is 24.1 Å². The number of aromatic hydroxyl groups is 1. The normalized spacial score (nSPS) is 12.3. The fourth-order valence-corrected chi connectivity index (χ4v) is 3.89. The van der Waals surface area contributed by atoms with Gasteiger partial charge in [0.2, 0.25) is 11.8 Å². The van der Waals surface area contributed by atoms with E-state index < -0.39 is 48.1 Å². The van der Waals surface area contributed by atoms with Crippen molar-refractivity contribution in [2.45, 2.75) is 58.2 Å². The van der Waals surface area contributed by atoms with Gasteiger partial charge in [-0.15, -0.1) is 6.42 Å². The van der Waals surface area contributed by atoms with Crippen molar-refractivity contribution in [3.63, 3.8) is 0 Å². The molecule has 10 heteroatoms. The first-order valence-electron chi connectivity index (χ1n) is 12.9. The Balaban J connectivity index is 2.53. The maximum absolute atomic E-state index is 14.1. The maximum atomic E-state index is 14.1. The molecule has 0 aliphatic heterocycles. The standard InChI is InChI=1S/C30H37N3O7/c1-7-17-33(26(27(36)31-19-25(35)39-6)22-13-9-20(8-2)10-14-22)28(37)24(32-29(38)40-30(3,4)5)18-21-11-15-23(34)16-12-21/h2,9-16,24,26,34H,7,17-19H2,1,3-6H3,(H,31,36)(H,32,38). The molecule has 0 aliphatic rings. The number of carbonyl (C=O) groups excluding carboxylic acids is 4. The Bertz CT molecular complexity index is 1210. The van der Waals surface area contributed by atoms with Crippen molar-refractivity contribution in [1.82, 2.24) is 15.5 Å². The van der Waals surface area contributed by atoms with Gasteiger partial charge < -0.3 is 30.1 Å². The summed E-state index contributed by atoms with van der Waals surface area (Å²) in [6, 6.07) is 10.5. The van der Waals surface area contributed by atoms with E-state index in [4.69, 9.17) is 11.2 Å². The molecule has 2 unspecified atom stereocenters. The number of nitrogens with zero attached hydrogens (tertiary/aromatic N) is 1. The van der Waals surface area contributed by atoms with E-state index in [2.05, 4.69) is 21.3 Å². The first kappa shape index (κ1) is 31.7. The fourth-order valence-electron chi connectivity index (χ4n) is 3.89. The molecule has 0 aromatic heterocycles. The minimum atomic E-state index is -1.15. The van der Waals surface area contributed by atoms with Crippen molar-refractivity contribution < 1.29 is 33.8 Å². The fraction of sp³-hybridized carbons (Fsp3) is 0.400. The Morgan fingerprint density at radius 1 is 1.05 bits per heavy atom. The molecule has 0 aliphatic carbocycles. The molecule has 0 saturated carbocycles. The Morgan fingerprint density at radius 3 is 2.20 bits per heavy atom. The van der Waals surface area contributed by atoms with Crippen LogP contribution in [0.25, 0.3) is 0 Å². The second-order valence-corrected chi connectivity index (χ2v) is 10.1. The topological polar surface area (TPSA) is 134 Å². The van der Waals surface area contributed by atoms with E-state index in [0.29, 0.717) is 23.1 Å². The van der Waals surface area contributed by atoms with Crippen LogP contribution in [0.5, 0.6) is 5.75 Å². The maximum Gasteiger partial charge on any atom is 0.408 e. The largest absolute Gasteiger partial charge is 0.508 e. The molecule has 0 bridgehead atoms. The third-order valence-corrected chi connectivity index (χ3v) is 5.70.